The van der Waals surface area contributed by atoms with E-state index >= 15 is 0 Å². The zero-order valence-electron chi connectivity index (χ0n) is 19.7. The molecule has 0 spiro atoms. The second kappa shape index (κ2) is 9.59. The highest BCUT2D eigenvalue weighted by atomic mass is 16.5. The van der Waals surface area contributed by atoms with E-state index in [-0.39, 0.29) is 18.7 Å². The number of benzene rings is 3. The number of carboxylic acids is 1. The fourth-order valence-corrected chi connectivity index (χ4v) is 4.58. The molecule has 0 radical (unpaired) electrons. The number of likely N-dealkylation sites (N-methyl/N-ethyl adjacent to an activating group) is 1. The highest BCUT2D eigenvalue weighted by Gasteiger charge is 2.49. The largest absolute Gasteiger partial charge is 0.493 e. The van der Waals surface area contributed by atoms with Gasteiger partial charge in [0.05, 0.1) is 13.7 Å². The van der Waals surface area contributed by atoms with Crippen molar-refractivity contribution in [3.63, 3.8) is 0 Å². The van der Waals surface area contributed by atoms with Gasteiger partial charge in [0, 0.05) is 31.9 Å². The van der Waals surface area contributed by atoms with Crippen molar-refractivity contribution in [3.05, 3.63) is 94.5 Å². The first-order valence-electron chi connectivity index (χ1n) is 11.3. The number of carbonyl (C=O) groups is 2. The van der Waals surface area contributed by atoms with E-state index in [0.29, 0.717) is 30.1 Å². The Morgan fingerprint density at radius 3 is 2.29 bits per heavy atom. The minimum atomic E-state index is -1.33. The second-order valence-electron chi connectivity index (χ2n) is 8.78. The van der Waals surface area contributed by atoms with Crippen LogP contribution in [0.15, 0.2) is 66.7 Å². The molecule has 0 fully saturated rings. The lowest BCUT2D eigenvalue weighted by Crippen LogP contribution is -2.56. The van der Waals surface area contributed by atoms with Gasteiger partial charge in [-0.3, -0.25) is 4.79 Å². The molecule has 6 heteroatoms. The Bertz CT molecular complexity index is 1190. The number of nitrogens with zero attached hydrogens (tertiary/aromatic N) is 1. The summed E-state index contributed by atoms with van der Waals surface area (Å²) in [5.41, 5.74) is 3.29. The predicted molar refractivity (Wildman–Crippen MR) is 130 cm³/mol. The standard InChI is InChI=1S/C28H29NO5/c1-19-7-6-8-20(15-19)13-14-34-25-16-21(11-12-24(25)33-3)26(30)29(2)28(27(31)32)17-22-9-4-5-10-23(22)18-28/h4-12,15-16H,13-14,17-18H2,1-3H3,(H,31,32). The number of hydrogen-bond donors (Lipinski definition) is 1. The second-order valence-corrected chi connectivity index (χ2v) is 8.78. The van der Waals surface area contributed by atoms with Crippen LogP contribution in [-0.2, 0) is 24.1 Å². The molecule has 1 aliphatic carbocycles. The molecule has 3 aromatic carbocycles. The van der Waals surface area contributed by atoms with Gasteiger partial charge in [-0.1, -0.05) is 54.1 Å². The zero-order valence-corrected chi connectivity index (χ0v) is 19.7. The molecule has 1 amide bonds. The molecule has 176 valence electrons. The quantitative estimate of drug-likeness (QED) is 0.543. The Morgan fingerprint density at radius 2 is 1.68 bits per heavy atom. The molecule has 0 atom stereocenters. The third kappa shape index (κ3) is 4.49. The number of fused-ring (bicyclic) bond motifs is 1. The summed E-state index contributed by atoms with van der Waals surface area (Å²) < 4.78 is 11.4. The topological polar surface area (TPSA) is 76.1 Å². The number of rotatable bonds is 8. The van der Waals surface area contributed by atoms with Gasteiger partial charge in [0.25, 0.3) is 5.91 Å². The average Bonchev–Trinajstić information content (AvgIpc) is 3.24. The summed E-state index contributed by atoms with van der Waals surface area (Å²) in [7, 11) is 3.11. The number of aliphatic carboxylic acids is 1. The minimum absolute atomic E-state index is 0.275. The van der Waals surface area contributed by atoms with E-state index in [9.17, 15) is 14.7 Å². The summed E-state index contributed by atoms with van der Waals surface area (Å²) in [6.45, 7) is 2.47. The van der Waals surface area contributed by atoms with Crippen molar-refractivity contribution in [2.24, 2.45) is 0 Å². The number of methoxy groups -OCH3 is 1. The molecule has 4 rings (SSSR count). The molecule has 3 aromatic rings. The molecule has 1 aliphatic rings. The van der Waals surface area contributed by atoms with Crippen molar-refractivity contribution in [3.8, 4) is 11.5 Å². The van der Waals surface area contributed by atoms with Crippen LogP contribution in [0.3, 0.4) is 0 Å². The van der Waals surface area contributed by atoms with E-state index in [4.69, 9.17) is 9.47 Å². The first-order chi connectivity index (χ1) is 16.3. The summed E-state index contributed by atoms with van der Waals surface area (Å²) >= 11 is 0. The van der Waals surface area contributed by atoms with Crippen molar-refractivity contribution in [2.75, 3.05) is 20.8 Å². The minimum Gasteiger partial charge on any atom is -0.493 e. The third-order valence-electron chi connectivity index (χ3n) is 6.57. The fraction of sp³-hybridized carbons (Fsp3) is 0.286. The normalized spacial score (nSPS) is 13.7. The maximum Gasteiger partial charge on any atom is 0.330 e. The van der Waals surface area contributed by atoms with Crippen LogP contribution in [0.5, 0.6) is 11.5 Å². The van der Waals surface area contributed by atoms with Crippen LogP contribution in [0.25, 0.3) is 0 Å². The van der Waals surface area contributed by atoms with Gasteiger partial charge in [0.2, 0.25) is 0 Å². The molecule has 34 heavy (non-hydrogen) atoms. The monoisotopic (exact) mass is 459 g/mol. The van der Waals surface area contributed by atoms with Gasteiger partial charge in [-0.25, -0.2) is 4.79 Å². The molecule has 0 bridgehead atoms. The van der Waals surface area contributed by atoms with Gasteiger partial charge in [0.1, 0.15) is 5.54 Å². The first kappa shape index (κ1) is 23.4. The Morgan fingerprint density at radius 1 is 0.971 bits per heavy atom. The summed E-state index contributed by atoms with van der Waals surface area (Å²) in [6.07, 6.45) is 1.26. The maximum atomic E-state index is 13.4. The Kier molecular flexibility index (Phi) is 6.59. The van der Waals surface area contributed by atoms with Gasteiger partial charge >= 0.3 is 5.97 Å². The van der Waals surface area contributed by atoms with E-state index < -0.39 is 11.5 Å². The first-order valence-corrected chi connectivity index (χ1v) is 11.3. The Balaban J connectivity index is 1.54. The Labute approximate surface area is 199 Å². The zero-order chi connectivity index (χ0) is 24.3. The Hall–Kier alpha value is -3.80. The number of ether oxygens (including phenoxy) is 2. The summed E-state index contributed by atoms with van der Waals surface area (Å²) in [5.74, 6) is -0.415. The van der Waals surface area contributed by atoms with Gasteiger partial charge < -0.3 is 19.5 Å². The van der Waals surface area contributed by atoms with Crippen molar-refractivity contribution in [2.45, 2.75) is 31.7 Å². The van der Waals surface area contributed by atoms with Crippen LogP contribution in [0.1, 0.15) is 32.6 Å². The van der Waals surface area contributed by atoms with Crippen LogP contribution in [-0.4, -0.2) is 48.2 Å². The van der Waals surface area contributed by atoms with Crippen LogP contribution in [0.2, 0.25) is 0 Å². The SMILES string of the molecule is COc1ccc(C(=O)N(C)C2(C(=O)O)Cc3ccccc3C2)cc1OCCc1cccc(C)c1. The van der Waals surface area contributed by atoms with Gasteiger partial charge in [-0.2, -0.15) is 0 Å². The lowest BCUT2D eigenvalue weighted by Gasteiger charge is -2.35. The van der Waals surface area contributed by atoms with E-state index in [1.165, 1.54) is 10.5 Å². The highest BCUT2D eigenvalue weighted by Crippen LogP contribution is 2.36. The average molecular weight is 460 g/mol. The smallest absolute Gasteiger partial charge is 0.330 e. The molecule has 0 unspecified atom stereocenters. The lowest BCUT2D eigenvalue weighted by molar-refractivity contribution is -0.148. The third-order valence-corrected chi connectivity index (χ3v) is 6.57. The molecule has 0 aromatic heterocycles. The summed E-state index contributed by atoms with van der Waals surface area (Å²) in [4.78, 5) is 27.2. The molecular weight excluding hydrogens is 430 g/mol. The van der Waals surface area contributed by atoms with Crippen LogP contribution in [0.4, 0.5) is 0 Å². The number of amides is 1. The molecule has 0 saturated heterocycles. The number of carboxylic acid groups (broad SMARTS) is 1. The van der Waals surface area contributed by atoms with Crippen LogP contribution >= 0.6 is 0 Å². The number of aryl methyl sites for hydroxylation is 1. The van der Waals surface area contributed by atoms with Crippen molar-refractivity contribution in [1.29, 1.82) is 0 Å². The maximum absolute atomic E-state index is 13.4. The van der Waals surface area contributed by atoms with E-state index in [1.807, 2.05) is 49.4 Å². The van der Waals surface area contributed by atoms with Gasteiger partial charge in [0.15, 0.2) is 11.5 Å². The molecule has 0 saturated carbocycles. The number of carbonyl (C=O) groups excluding carboxylic acids is 1. The summed E-state index contributed by atoms with van der Waals surface area (Å²) in [6, 6.07) is 20.8. The van der Waals surface area contributed by atoms with E-state index in [0.717, 1.165) is 16.7 Å². The van der Waals surface area contributed by atoms with Crippen molar-refractivity contribution >= 4 is 11.9 Å². The summed E-state index contributed by atoms with van der Waals surface area (Å²) in [5, 5.41) is 10.1. The molecule has 6 nitrogen and oxygen atoms in total. The van der Waals surface area contributed by atoms with Gasteiger partial charge in [-0.15, -0.1) is 0 Å². The van der Waals surface area contributed by atoms with Crippen molar-refractivity contribution in [1.82, 2.24) is 4.90 Å². The predicted octanol–water partition coefficient (Wildman–Crippen LogP) is 4.32. The highest BCUT2D eigenvalue weighted by molar-refractivity contribution is 5.98. The van der Waals surface area contributed by atoms with E-state index in [2.05, 4.69) is 6.07 Å². The van der Waals surface area contributed by atoms with Crippen LogP contribution < -0.4 is 9.47 Å². The fourth-order valence-electron chi connectivity index (χ4n) is 4.58. The lowest BCUT2D eigenvalue weighted by atomic mass is 9.93. The molecular formula is C28H29NO5. The number of hydrogen-bond acceptors (Lipinski definition) is 4. The molecule has 1 N–H and O–H groups in total. The van der Waals surface area contributed by atoms with Gasteiger partial charge in [-0.05, 0) is 41.8 Å². The molecule has 0 heterocycles. The van der Waals surface area contributed by atoms with Crippen LogP contribution in [0, 0.1) is 6.92 Å². The van der Waals surface area contributed by atoms with E-state index in [1.54, 1.807) is 32.4 Å². The molecule has 0 aliphatic heterocycles. The van der Waals surface area contributed by atoms with Crippen molar-refractivity contribution < 1.29 is 24.2 Å².